The molecule has 142 valence electrons. The predicted octanol–water partition coefficient (Wildman–Crippen LogP) is 4.54. The van der Waals surface area contributed by atoms with Gasteiger partial charge in [0.25, 0.3) is 5.91 Å². The van der Waals surface area contributed by atoms with Gasteiger partial charge in [-0.3, -0.25) is 9.59 Å². The van der Waals surface area contributed by atoms with Crippen LogP contribution in [0.3, 0.4) is 0 Å². The summed E-state index contributed by atoms with van der Waals surface area (Å²) < 4.78 is 5.42. The molecule has 2 N–H and O–H groups in total. The maximum absolute atomic E-state index is 12.2. The second kappa shape index (κ2) is 9.58. The fraction of sp³-hybridized carbons (Fsp3) is 0.0909. The van der Waals surface area contributed by atoms with Crippen LogP contribution in [0.2, 0.25) is 5.02 Å². The summed E-state index contributed by atoms with van der Waals surface area (Å²) in [6.07, 6.45) is 0.235. The third kappa shape index (κ3) is 6.14. The molecule has 3 rings (SSSR count). The first-order chi connectivity index (χ1) is 13.6. The van der Waals surface area contributed by atoms with E-state index in [2.05, 4.69) is 10.6 Å². The van der Waals surface area contributed by atoms with E-state index in [0.29, 0.717) is 22.1 Å². The summed E-state index contributed by atoms with van der Waals surface area (Å²) in [6.45, 7) is -0.100. The van der Waals surface area contributed by atoms with Crippen molar-refractivity contribution < 1.29 is 14.3 Å². The maximum atomic E-state index is 12.2. The first kappa shape index (κ1) is 19.5. The number of anilines is 2. The summed E-state index contributed by atoms with van der Waals surface area (Å²) in [5.41, 5.74) is 2.04. The number of benzene rings is 3. The average molecular weight is 395 g/mol. The van der Waals surface area contributed by atoms with Crippen LogP contribution in [-0.2, 0) is 16.0 Å². The molecule has 0 spiro atoms. The van der Waals surface area contributed by atoms with Crippen LogP contribution in [-0.4, -0.2) is 18.4 Å². The number of amides is 2. The molecule has 0 radical (unpaired) electrons. The normalized spacial score (nSPS) is 10.2. The van der Waals surface area contributed by atoms with Crippen molar-refractivity contribution in [1.82, 2.24) is 0 Å². The number of halogens is 1. The van der Waals surface area contributed by atoms with E-state index in [1.807, 2.05) is 30.3 Å². The Morgan fingerprint density at radius 3 is 2.11 bits per heavy atom. The Morgan fingerprint density at radius 2 is 1.43 bits per heavy atom. The van der Waals surface area contributed by atoms with Crippen molar-refractivity contribution in [3.05, 3.63) is 89.4 Å². The molecule has 28 heavy (non-hydrogen) atoms. The van der Waals surface area contributed by atoms with Crippen molar-refractivity contribution >= 4 is 34.8 Å². The summed E-state index contributed by atoms with van der Waals surface area (Å²) >= 11 is 5.85. The lowest BCUT2D eigenvalue weighted by molar-refractivity contribution is -0.118. The van der Waals surface area contributed by atoms with Crippen LogP contribution in [0, 0.1) is 0 Å². The van der Waals surface area contributed by atoms with Crippen molar-refractivity contribution in [1.29, 1.82) is 0 Å². The molecule has 0 saturated heterocycles. The third-order valence-corrected chi connectivity index (χ3v) is 4.07. The van der Waals surface area contributed by atoms with E-state index in [1.54, 1.807) is 48.5 Å². The van der Waals surface area contributed by atoms with Crippen LogP contribution < -0.4 is 15.4 Å². The average Bonchev–Trinajstić information content (AvgIpc) is 2.69. The molecule has 0 saturated carbocycles. The molecular weight excluding hydrogens is 376 g/mol. The molecule has 0 bridgehead atoms. The summed E-state index contributed by atoms with van der Waals surface area (Å²) in [4.78, 5) is 24.3. The molecule has 5 nitrogen and oxygen atoms in total. The number of carbonyl (C=O) groups excluding carboxylic acids is 2. The smallest absolute Gasteiger partial charge is 0.262 e. The molecule has 0 unspecified atom stereocenters. The highest BCUT2D eigenvalue weighted by atomic mass is 35.5. The zero-order valence-electron chi connectivity index (χ0n) is 15.0. The topological polar surface area (TPSA) is 67.4 Å². The first-order valence-electron chi connectivity index (χ1n) is 8.70. The zero-order valence-corrected chi connectivity index (χ0v) is 15.8. The zero-order chi connectivity index (χ0) is 19.8. The van der Waals surface area contributed by atoms with E-state index >= 15 is 0 Å². The highest BCUT2D eigenvalue weighted by Crippen LogP contribution is 2.16. The van der Waals surface area contributed by atoms with Crippen molar-refractivity contribution in [2.45, 2.75) is 6.42 Å². The number of para-hydroxylation sites is 1. The van der Waals surface area contributed by atoms with Crippen LogP contribution >= 0.6 is 11.6 Å². The van der Waals surface area contributed by atoms with Crippen LogP contribution in [0.25, 0.3) is 0 Å². The molecule has 0 aromatic heterocycles. The van der Waals surface area contributed by atoms with Gasteiger partial charge in [0.15, 0.2) is 6.61 Å². The van der Waals surface area contributed by atoms with Gasteiger partial charge in [-0.25, -0.2) is 0 Å². The van der Waals surface area contributed by atoms with Gasteiger partial charge in [-0.2, -0.15) is 0 Å². The fourth-order valence-electron chi connectivity index (χ4n) is 2.53. The van der Waals surface area contributed by atoms with Gasteiger partial charge in [-0.05, 0) is 48.0 Å². The second-order valence-electron chi connectivity index (χ2n) is 6.08. The van der Waals surface area contributed by atoms with Gasteiger partial charge in [0.05, 0.1) is 6.42 Å². The van der Waals surface area contributed by atoms with E-state index in [4.69, 9.17) is 16.3 Å². The molecule has 0 heterocycles. The highest BCUT2D eigenvalue weighted by Gasteiger charge is 2.07. The monoisotopic (exact) mass is 394 g/mol. The minimum atomic E-state index is -0.284. The van der Waals surface area contributed by atoms with Gasteiger partial charge < -0.3 is 15.4 Å². The van der Waals surface area contributed by atoms with E-state index in [0.717, 1.165) is 5.56 Å². The minimum absolute atomic E-state index is 0.100. The van der Waals surface area contributed by atoms with Crippen molar-refractivity contribution in [2.24, 2.45) is 0 Å². The molecule has 3 aromatic rings. The van der Waals surface area contributed by atoms with E-state index in [9.17, 15) is 9.59 Å². The van der Waals surface area contributed by atoms with Crippen LogP contribution in [0.1, 0.15) is 5.56 Å². The molecule has 3 aromatic carbocycles. The van der Waals surface area contributed by atoms with Crippen LogP contribution in [0.5, 0.6) is 5.75 Å². The van der Waals surface area contributed by atoms with Crippen LogP contribution in [0.4, 0.5) is 11.4 Å². The van der Waals surface area contributed by atoms with Crippen molar-refractivity contribution in [2.75, 3.05) is 17.2 Å². The Hall–Kier alpha value is -3.31. The number of rotatable bonds is 7. The molecule has 2 amide bonds. The Kier molecular flexibility index (Phi) is 6.65. The van der Waals surface area contributed by atoms with Crippen molar-refractivity contribution in [3.8, 4) is 5.75 Å². The lowest BCUT2D eigenvalue weighted by Crippen LogP contribution is -2.20. The fourth-order valence-corrected chi connectivity index (χ4v) is 2.66. The van der Waals surface area contributed by atoms with Gasteiger partial charge in [0.1, 0.15) is 5.75 Å². The SMILES string of the molecule is O=C(COc1ccccc1)Nc1cccc(NC(=O)Cc2ccc(Cl)cc2)c1. The lowest BCUT2D eigenvalue weighted by atomic mass is 10.1. The molecule has 0 aliphatic rings. The molecule has 6 heteroatoms. The van der Waals surface area contributed by atoms with Gasteiger partial charge in [0.2, 0.25) is 5.91 Å². The Balaban J connectivity index is 1.52. The first-order valence-corrected chi connectivity index (χ1v) is 9.08. The van der Waals surface area contributed by atoms with Crippen LogP contribution in [0.15, 0.2) is 78.9 Å². The van der Waals surface area contributed by atoms with Gasteiger partial charge in [0, 0.05) is 16.4 Å². The van der Waals surface area contributed by atoms with Gasteiger partial charge >= 0.3 is 0 Å². The van der Waals surface area contributed by atoms with Gasteiger partial charge in [-0.15, -0.1) is 0 Å². The second-order valence-corrected chi connectivity index (χ2v) is 6.52. The summed E-state index contributed by atoms with van der Waals surface area (Å²) in [7, 11) is 0. The third-order valence-electron chi connectivity index (χ3n) is 3.82. The molecule has 0 atom stereocenters. The molecular formula is C22H19ClN2O3. The summed E-state index contributed by atoms with van der Waals surface area (Å²) in [5.74, 6) is 0.188. The summed E-state index contributed by atoms with van der Waals surface area (Å²) in [6, 6.07) is 23.2. The Morgan fingerprint density at radius 1 is 0.786 bits per heavy atom. The molecule has 0 fully saturated rings. The predicted molar refractivity (Wildman–Crippen MR) is 111 cm³/mol. The molecule has 0 aliphatic heterocycles. The number of ether oxygens (including phenoxy) is 1. The van der Waals surface area contributed by atoms with E-state index < -0.39 is 0 Å². The maximum Gasteiger partial charge on any atom is 0.262 e. The van der Waals surface area contributed by atoms with Gasteiger partial charge in [-0.1, -0.05) is 48.0 Å². The number of hydrogen-bond acceptors (Lipinski definition) is 3. The minimum Gasteiger partial charge on any atom is -0.484 e. The Bertz CT molecular complexity index is 944. The quantitative estimate of drug-likeness (QED) is 0.618. The molecule has 0 aliphatic carbocycles. The largest absolute Gasteiger partial charge is 0.484 e. The Labute approximate surface area is 168 Å². The summed E-state index contributed by atoms with van der Waals surface area (Å²) in [5, 5.41) is 6.20. The number of hydrogen-bond donors (Lipinski definition) is 2. The standard InChI is InChI=1S/C22H19ClN2O3/c23-17-11-9-16(10-12-17)13-21(26)24-18-5-4-6-19(14-18)25-22(27)15-28-20-7-2-1-3-8-20/h1-12,14H,13,15H2,(H,24,26)(H,25,27). The highest BCUT2D eigenvalue weighted by molar-refractivity contribution is 6.30. The van der Waals surface area contributed by atoms with Crippen molar-refractivity contribution in [3.63, 3.8) is 0 Å². The lowest BCUT2D eigenvalue weighted by Gasteiger charge is -2.10. The van der Waals surface area contributed by atoms with E-state index in [1.165, 1.54) is 0 Å². The number of carbonyl (C=O) groups is 2. The number of nitrogens with one attached hydrogen (secondary N) is 2. The van der Waals surface area contributed by atoms with E-state index in [-0.39, 0.29) is 24.8 Å².